The van der Waals surface area contributed by atoms with Gasteiger partial charge in [-0.1, -0.05) is 0 Å². The van der Waals surface area contributed by atoms with Gasteiger partial charge in [-0.15, -0.1) is 0 Å². The highest BCUT2D eigenvalue weighted by molar-refractivity contribution is 7.53. The van der Waals surface area contributed by atoms with Crippen molar-refractivity contribution in [2.24, 2.45) is 0 Å². The fraction of sp³-hybridized carbons (Fsp3) is 0.667. The lowest BCUT2D eigenvalue weighted by molar-refractivity contribution is 0.319. The van der Waals surface area contributed by atoms with Crippen molar-refractivity contribution in [1.82, 2.24) is 0 Å². The van der Waals surface area contributed by atoms with Crippen molar-refractivity contribution in [2.45, 2.75) is 0 Å². The molecule has 0 saturated heterocycles. The average molecular weight is 135 g/mol. The minimum absolute atomic E-state index is 0.441. The van der Waals surface area contributed by atoms with Gasteiger partial charge < -0.3 is 9.42 Å². The molecular weight excluding hydrogens is 129 g/mol. The topological polar surface area (TPSA) is 70.3 Å². The first-order valence-electron chi connectivity index (χ1n) is 1.87. The van der Waals surface area contributed by atoms with Gasteiger partial charge in [0.25, 0.3) is 0 Å². The van der Waals surface area contributed by atoms with Crippen LogP contribution in [-0.2, 0) is 9.09 Å². The Morgan fingerprint density at radius 3 is 2.62 bits per heavy atom. The first-order valence-corrected chi connectivity index (χ1v) is 3.63. The van der Waals surface area contributed by atoms with Crippen molar-refractivity contribution < 1.29 is 14.0 Å². The molecule has 0 aliphatic rings. The quantitative estimate of drug-likeness (QED) is 0.554. The Hall–Kier alpha value is -0.360. The third kappa shape index (κ3) is 2.75. The fourth-order valence-corrected chi connectivity index (χ4v) is 0.462. The highest BCUT2D eigenvalue weighted by Crippen LogP contribution is 2.39. The minimum Gasteiger partial charge on any atom is -0.324 e. The number of rotatable bonds is 2. The molecule has 5 heteroatoms. The summed E-state index contributed by atoms with van der Waals surface area (Å²) in [5, 5.41) is 7.87. The van der Waals surface area contributed by atoms with Crippen LogP contribution in [0.4, 0.5) is 0 Å². The van der Waals surface area contributed by atoms with E-state index in [1.165, 1.54) is 6.07 Å². The first kappa shape index (κ1) is 7.64. The predicted octanol–water partition coefficient (Wildman–Crippen LogP) is 0.342. The lowest BCUT2D eigenvalue weighted by Gasteiger charge is -2.00. The largest absolute Gasteiger partial charge is 0.341 e. The molecule has 0 bridgehead atoms. The van der Waals surface area contributed by atoms with Gasteiger partial charge in [-0.25, -0.2) is 0 Å². The Morgan fingerprint density at radius 2 is 2.50 bits per heavy atom. The number of nitriles is 1. The van der Waals surface area contributed by atoms with E-state index in [0.29, 0.717) is 0 Å². The second-order valence-electron chi connectivity index (χ2n) is 1.14. The highest BCUT2D eigenvalue weighted by Gasteiger charge is 2.14. The molecular formula is C3H6NO3P. The Balaban J connectivity index is 3.78. The Morgan fingerprint density at radius 1 is 2.00 bits per heavy atom. The second-order valence-corrected chi connectivity index (χ2v) is 3.09. The molecule has 0 rings (SSSR count). The van der Waals surface area contributed by atoms with E-state index in [1.807, 2.05) is 0 Å². The van der Waals surface area contributed by atoms with Crippen LogP contribution < -0.4 is 0 Å². The molecule has 0 amide bonds. The summed E-state index contributed by atoms with van der Waals surface area (Å²) in [7, 11) is -2.44. The molecule has 1 N–H and O–H groups in total. The van der Waals surface area contributed by atoms with Crippen LogP contribution in [0.3, 0.4) is 0 Å². The van der Waals surface area contributed by atoms with Gasteiger partial charge in [0.05, 0.1) is 6.07 Å². The molecule has 1 unspecified atom stereocenters. The molecule has 0 aromatic heterocycles. The fourth-order valence-electron chi connectivity index (χ4n) is 0.154. The maximum atomic E-state index is 10.3. The van der Waals surface area contributed by atoms with Gasteiger partial charge in [-0.2, -0.15) is 5.26 Å². The van der Waals surface area contributed by atoms with Crippen molar-refractivity contribution >= 4 is 7.60 Å². The normalized spacial score (nSPS) is 16.6. The smallest absolute Gasteiger partial charge is 0.324 e. The number of hydrogen-bond acceptors (Lipinski definition) is 3. The van der Waals surface area contributed by atoms with Crippen molar-refractivity contribution in [3.8, 4) is 6.07 Å². The molecule has 8 heavy (non-hydrogen) atoms. The van der Waals surface area contributed by atoms with Crippen molar-refractivity contribution in [1.29, 1.82) is 5.26 Å². The lowest BCUT2D eigenvalue weighted by atomic mass is 10.9. The van der Waals surface area contributed by atoms with Gasteiger partial charge in [-0.05, 0) is 0 Å². The molecule has 0 fully saturated rings. The molecule has 0 spiro atoms. The van der Waals surface area contributed by atoms with Crippen LogP contribution in [0.5, 0.6) is 0 Å². The maximum absolute atomic E-state index is 10.3. The summed E-state index contributed by atoms with van der Waals surface area (Å²) in [6.07, 6.45) is -0.441. The highest BCUT2D eigenvalue weighted by atomic mass is 31.2. The molecule has 46 valence electrons. The summed E-state index contributed by atoms with van der Waals surface area (Å²) >= 11 is 0. The van der Waals surface area contributed by atoms with Crippen LogP contribution >= 0.6 is 7.60 Å². The van der Waals surface area contributed by atoms with E-state index in [4.69, 9.17) is 10.2 Å². The van der Waals surface area contributed by atoms with Crippen molar-refractivity contribution in [3.05, 3.63) is 0 Å². The van der Waals surface area contributed by atoms with E-state index < -0.39 is 13.8 Å². The predicted molar refractivity (Wildman–Crippen MR) is 27.3 cm³/mol. The summed E-state index contributed by atoms with van der Waals surface area (Å²) < 4.78 is 14.4. The minimum atomic E-state index is -3.53. The molecule has 0 radical (unpaired) electrons. The van der Waals surface area contributed by atoms with Crippen LogP contribution in [0, 0.1) is 11.3 Å². The second kappa shape index (κ2) is 2.83. The number of hydrogen-bond donors (Lipinski definition) is 1. The van der Waals surface area contributed by atoms with Gasteiger partial charge in [0.2, 0.25) is 0 Å². The summed E-state index contributed by atoms with van der Waals surface area (Å²) in [5.41, 5.74) is 0. The van der Waals surface area contributed by atoms with Crippen LogP contribution in [0.15, 0.2) is 0 Å². The third-order valence-electron chi connectivity index (χ3n) is 0.556. The SMILES string of the molecule is COP(=O)(O)CC#N. The molecule has 0 heterocycles. The molecule has 0 saturated carbocycles. The van der Waals surface area contributed by atoms with E-state index in [9.17, 15) is 4.57 Å². The van der Waals surface area contributed by atoms with Gasteiger partial charge >= 0.3 is 7.60 Å². The van der Waals surface area contributed by atoms with Gasteiger partial charge in [0.1, 0.15) is 6.16 Å². The molecule has 0 aromatic rings. The Bertz CT molecular complexity index is 149. The van der Waals surface area contributed by atoms with Gasteiger partial charge in [-0.3, -0.25) is 4.57 Å². The van der Waals surface area contributed by atoms with E-state index in [-0.39, 0.29) is 0 Å². The van der Waals surface area contributed by atoms with Crippen LogP contribution in [0.1, 0.15) is 0 Å². The average Bonchev–Trinajstić information content (AvgIpc) is 1.67. The third-order valence-corrected chi connectivity index (χ3v) is 1.67. The zero-order valence-electron chi connectivity index (χ0n) is 4.37. The van der Waals surface area contributed by atoms with Crippen LogP contribution in [0.2, 0.25) is 0 Å². The maximum Gasteiger partial charge on any atom is 0.341 e. The van der Waals surface area contributed by atoms with Gasteiger partial charge in [0, 0.05) is 7.11 Å². The molecule has 0 aromatic carbocycles. The van der Waals surface area contributed by atoms with Crippen LogP contribution in [0.25, 0.3) is 0 Å². The molecule has 1 atom stereocenters. The zero-order valence-corrected chi connectivity index (χ0v) is 5.26. The van der Waals surface area contributed by atoms with E-state index in [1.54, 1.807) is 0 Å². The van der Waals surface area contributed by atoms with Crippen molar-refractivity contribution in [2.75, 3.05) is 13.3 Å². The summed E-state index contributed by atoms with van der Waals surface area (Å²) in [6.45, 7) is 0. The zero-order chi connectivity index (χ0) is 6.62. The standard InChI is InChI=1S/C3H6NO3P/c1-7-8(5,6)3-2-4/h3H2,1H3,(H,5,6). The van der Waals surface area contributed by atoms with E-state index >= 15 is 0 Å². The van der Waals surface area contributed by atoms with Gasteiger partial charge in [0.15, 0.2) is 0 Å². The number of nitrogens with zero attached hydrogens (tertiary/aromatic N) is 1. The summed E-state index contributed by atoms with van der Waals surface area (Å²) in [6, 6.07) is 1.52. The summed E-state index contributed by atoms with van der Waals surface area (Å²) in [4.78, 5) is 8.43. The summed E-state index contributed by atoms with van der Waals surface area (Å²) in [5.74, 6) is 0. The molecule has 4 nitrogen and oxygen atoms in total. The monoisotopic (exact) mass is 135 g/mol. The van der Waals surface area contributed by atoms with Crippen molar-refractivity contribution in [3.63, 3.8) is 0 Å². The van der Waals surface area contributed by atoms with Crippen LogP contribution in [-0.4, -0.2) is 18.2 Å². The van der Waals surface area contributed by atoms with E-state index in [0.717, 1.165) is 7.11 Å². The first-order chi connectivity index (χ1) is 3.62. The Kier molecular flexibility index (Phi) is 2.70. The molecule has 0 aliphatic heterocycles. The Labute approximate surface area is 47.2 Å². The lowest BCUT2D eigenvalue weighted by Crippen LogP contribution is -1.85. The van der Waals surface area contributed by atoms with E-state index in [2.05, 4.69) is 4.52 Å². The molecule has 0 aliphatic carbocycles.